The van der Waals surface area contributed by atoms with E-state index in [4.69, 9.17) is 4.52 Å². The van der Waals surface area contributed by atoms with Crippen molar-refractivity contribution in [2.24, 2.45) is 0 Å². The Labute approximate surface area is 128 Å². The molecule has 0 bridgehead atoms. The molecule has 0 spiro atoms. The van der Waals surface area contributed by atoms with Crippen molar-refractivity contribution in [1.82, 2.24) is 10.1 Å². The van der Waals surface area contributed by atoms with E-state index in [9.17, 15) is 4.79 Å². The summed E-state index contributed by atoms with van der Waals surface area (Å²) in [5.41, 5.74) is 4.53. The van der Waals surface area contributed by atoms with Crippen LogP contribution in [0.1, 0.15) is 50.7 Å². The van der Waals surface area contributed by atoms with Gasteiger partial charge in [0.25, 0.3) is 5.91 Å². The third-order valence-electron chi connectivity index (χ3n) is 4.22. The molecule has 1 amide bonds. The number of fused-ring (bicyclic) bond motifs is 1. The minimum Gasteiger partial charge on any atom is -0.361 e. The highest BCUT2D eigenvalue weighted by atomic mass is 32.1. The van der Waals surface area contributed by atoms with E-state index in [1.807, 2.05) is 20.9 Å². The molecule has 4 nitrogen and oxygen atoms in total. The molecular formula is C16H20N2O2S. The fraction of sp³-hybridized carbons (Fsp3) is 0.500. The molecular weight excluding hydrogens is 284 g/mol. The van der Waals surface area contributed by atoms with Gasteiger partial charge in [-0.1, -0.05) is 5.16 Å². The molecule has 3 rings (SSSR count). The van der Waals surface area contributed by atoms with Crippen molar-refractivity contribution in [3.63, 3.8) is 0 Å². The summed E-state index contributed by atoms with van der Waals surface area (Å²) in [6, 6.07) is 0. The van der Waals surface area contributed by atoms with Crippen molar-refractivity contribution in [3.8, 4) is 0 Å². The summed E-state index contributed by atoms with van der Waals surface area (Å²) >= 11 is 1.59. The Balaban J connectivity index is 1.80. The SMILES string of the molecule is Cc1noc(C)c1CN(C)C(=O)c1scc2c1CCCC2. The Hall–Kier alpha value is -1.62. The van der Waals surface area contributed by atoms with Gasteiger partial charge in [-0.2, -0.15) is 0 Å². The van der Waals surface area contributed by atoms with Crippen LogP contribution in [-0.4, -0.2) is 23.0 Å². The van der Waals surface area contributed by atoms with Crippen LogP contribution in [0.2, 0.25) is 0 Å². The molecule has 2 heterocycles. The van der Waals surface area contributed by atoms with Gasteiger partial charge in [0.1, 0.15) is 5.76 Å². The highest BCUT2D eigenvalue weighted by Gasteiger charge is 2.23. The first-order valence-electron chi connectivity index (χ1n) is 7.34. The number of hydrogen-bond donors (Lipinski definition) is 0. The number of carbonyl (C=O) groups is 1. The van der Waals surface area contributed by atoms with Gasteiger partial charge in [0.15, 0.2) is 0 Å². The van der Waals surface area contributed by atoms with Gasteiger partial charge in [-0.25, -0.2) is 0 Å². The topological polar surface area (TPSA) is 46.3 Å². The summed E-state index contributed by atoms with van der Waals surface area (Å²) in [5, 5.41) is 6.11. The van der Waals surface area contributed by atoms with Gasteiger partial charge in [-0.3, -0.25) is 4.79 Å². The maximum Gasteiger partial charge on any atom is 0.264 e. The highest BCUT2D eigenvalue weighted by Crippen LogP contribution is 2.31. The molecule has 1 aliphatic rings. The molecule has 0 aromatic carbocycles. The molecule has 0 saturated carbocycles. The second-order valence-corrected chi connectivity index (χ2v) is 6.62. The van der Waals surface area contributed by atoms with Crippen LogP contribution < -0.4 is 0 Å². The first-order valence-corrected chi connectivity index (χ1v) is 8.22. The Kier molecular flexibility index (Phi) is 3.85. The third-order valence-corrected chi connectivity index (χ3v) is 5.28. The lowest BCUT2D eigenvalue weighted by molar-refractivity contribution is 0.0788. The van der Waals surface area contributed by atoms with Gasteiger partial charge in [0, 0.05) is 12.6 Å². The van der Waals surface area contributed by atoms with Gasteiger partial charge < -0.3 is 9.42 Å². The maximum absolute atomic E-state index is 12.7. The summed E-state index contributed by atoms with van der Waals surface area (Å²) in [7, 11) is 1.85. The number of aryl methyl sites for hydroxylation is 3. The van der Waals surface area contributed by atoms with E-state index < -0.39 is 0 Å². The Morgan fingerprint density at radius 3 is 2.86 bits per heavy atom. The van der Waals surface area contributed by atoms with E-state index in [0.29, 0.717) is 6.54 Å². The lowest BCUT2D eigenvalue weighted by Gasteiger charge is -2.18. The van der Waals surface area contributed by atoms with Crippen LogP contribution in [0.5, 0.6) is 0 Å². The van der Waals surface area contributed by atoms with Crippen LogP contribution in [0.25, 0.3) is 0 Å². The molecule has 2 aromatic rings. The van der Waals surface area contributed by atoms with Gasteiger partial charge in [0.2, 0.25) is 0 Å². The summed E-state index contributed by atoms with van der Waals surface area (Å²) in [4.78, 5) is 15.4. The number of hydrogen-bond acceptors (Lipinski definition) is 4. The first-order chi connectivity index (χ1) is 10.1. The van der Waals surface area contributed by atoms with Crippen LogP contribution >= 0.6 is 11.3 Å². The lowest BCUT2D eigenvalue weighted by Crippen LogP contribution is -2.27. The van der Waals surface area contributed by atoms with Crippen LogP contribution in [-0.2, 0) is 19.4 Å². The number of carbonyl (C=O) groups excluding carboxylic acids is 1. The van der Waals surface area contributed by atoms with Crippen molar-refractivity contribution < 1.29 is 9.32 Å². The molecule has 0 unspecified atom stereocenters. The Bertz CT molecular complexity index is 652. The van der Waals surface area contributed by atoms with E-state index in [1.165, 1.54) is 24.0 Å². The molecule has 0 N–H and O–H groups in total. The van der Waals surface area contributed by atoms with E-state index >= 15 is 0 Å². The third kappa shape index (κ3) is 2.62. The zero-order chi connectivity index (χ0) is 15.0. The number of amides is 1. The molecule has 0 fully saturated rings. The van der Waals surface area contributed by atoms with Crippen molar-refractivity contribution in [3.05, 3.63) is 38.4 Å². The summed E-state index contributed by atoms with van der Waals surface area (Å²) < 4.78 is 5.17. The summed E-state index contributed by atoms with van der Waals surface area (Å²) in [6.07, 6.45) is 4.59. The van der Waals surface area contributed by atoms with Gasteiger partial charge in [0.05, 0.1) is 17.1 Å². The minimum atomic E-state index is 0.114. The summed E-state index contributed by atoms with van der Waals surface area (Å²) in [6.45, 7) is 4.35. The fourth-order valence-corrected chi connectivity index (χ4v) is 4.06. The van der Waals surface area contributed by atoms with Crippen molar-refractivity contribution in [1.29, 1.82) is 0 Å². The molecule has 0 atom stereocenters. The predicted octanol–water partition coefficient (Wildman–Crippen LogP) is 3.50. The predicted molar refractivity (Wildman–Crippen MR) is 82.7 cm³/mol. The zero-order valence-corrected chi connectivity index (χ0v) is 13.5. The number of rotatable bonds is 3. The van der Waals surface area contributed by atoms with E-state index in [1.54, 1.807) is 16.2 Å². The zero-order valence-electron chi connectivity index (χ0n) is 12.7. The second kappa shape index (κ2) is 5.64. The normalized spacial score (nSPS) is 14.0. The van der Waals surface area contributed by atoms with Crippen LogP contribution in [0.15, 0.2) is 9.90 Å². The van der Waals surface area contributed by atoms with Crippen molar-refractivity contribution in [2.45, 2.75) is 46.1 Å². The quantitative estimate of drug-likeness (QED) is 0.872. The Morgan fingerprint density at radius 1 is 1.38 bits per heavy atom. The molecule has 2 aromatic heterocycles. The fourth-order valence-electron chi connectivity index (χ4n) is 2.91. The standard InChI is InChI=1S/C16H20N2O2S/c1-10-14(11(2)20-17-10)8-18(3)16(19)15-13-7-5-4-6-12(13)9-21-15/h9H,4-8H2,1-3H3. The molecule has 0 saturated heterocycles. The lowest BCUT2D eigenvalue weighted by atomic mass is 9.93. The first kappa shape index (κ1) is 14.3. The van der Waals surface area contributed by atoms with Gasteiger partial charge in [-0.05, 0) is 56.0 Å². The average Bonchev–Trinajstić information content (AvgIpc) is 3.05. The number of thiophene rings is 1. The average molecular weight is 304 g/mol. The molecule has 112 valence electrons. The largest absolute Gasteiger partial charge is 0.361 e. The minimum absolute atomic E-state index is 0.114. The maximum atomic E-state index is 12.7. The molecule has 1 aliphatic carbocycles. The molecule has 5 heteroatoms. The Morgan fingerprint density at radius 2 is 2.14 bits per heavy atom. The van der Waals surface area contributed by atoms with Crippen LogP contribution in [0.3, 0.4) is 0 Å². The second-order valence-electron chi connectivity index (χ2n) is 5.74. The van der Waals surface area contributed by atoms with Crippen LogP contribution in [0.4, 0.5) is 0 Å². The smallest absolute Gasteiger partial charge is 0.264 e. The van der Waals surface area contributed by atoms with E-state index in [2.05, 4.69) is 10.5 Å². The van der Waals surface area contributed by atoms with Gasteiger partial charge >= 0.3 is 0 Å². The van der Waals surface area contributed by atoms with E-state index in [-0.39, 0.29) is 5.91 Å². The molecule has 0 aliphatic heterocycles. The van der Waals surface area contributed by atoms with Crippen molar-refractivity contribution >= 4 is 17.2 Å². The number of aromatic nitrogens is 1. The van der Waals surface area contributed by atoms with Crippen LogP contribution in [0, 0.1) is 13.8 Å². The number of nitrogens with zero attached hydrogens (tertiary/aromatic N) is 2. The highest BCUT2D eigenvalue weighted by molar-refractivity contribution is 7.12. The van der Waals surface area contributed by atoms with E-state index in [0.717, 1.165) is 34.7 Å². The molecule has 0 radical (unpaired) electrons. The van der Waals surface area contributed by atoms with Gasteiger partial charge in [-0.15, -0.1) is 11.3 Å². The molecule has 21 heavy (non-hydrogen) atoms. The van der Waals surface area contributed by atoms with Crippen molar-refractivity contribution in [2.75, 3.05) is 7.05 Å². The monoisotopic (exact) mass is 304 g/mol. The summed E-state index contributed by atoms with van der Waals surface area (Å²) in [5.74, 6) is 0.906.